The number of ether oxygens (including phenoxy) is 1. The summed E-state index contributed by atoms with van der Waals surface area (Å²) in [4.78, 5) is 26.2. The molecule has 0 aliphatic carbocycles. The summed E-state index contributed by atoms with van der Waals surface area (Å²) in [6, 6.07) is 12.2. The van der Waals surface area contributed by atoms with E-state index >= 15 is 0 Å². The number of hydrogen-bond donors (Lipinski definition) is 1. The van der Waals surface area contributed by atoms with Crippen LogP contribution in [0.2, 0.25) is 10.0 Å². The molecule has 26 heavy (non-hydrogen) atoms. The van der Waals surface area contributed by atoms with E-state index in [-0.39, 0.29) is 6.42 Å². The van der Waals surface area contributed by atoms with E-state index in [0.717, 1.165) is 5.69 Å². The van der Waals surface area contributed by atoms with E-state index in [2.05, 4.69) is 5.32 Å². The zero-order valence-corrected chi connectivity index (χ0v) is 16.3. The van der Waals surface area contributed by atoms with Gasteiger partial charge in [-0.3, -0.25) is 9.59 Å². The molecule has 0 radical (unpaired) electrons. The van der Waals surface area contributed by atoms with Crippen LogP contribution in [0.4, 0.5) is 11.4 Å². The van der Waals surface area contributed by atoms with Crippen molar-refractivity contribution in [2.45, 2.75) is 19.4 Å². The molecule has 1 amide bonds. The molecular weight excluding hydrogens is 375 g/mol. The van der Waals surface area contributed by atoms with Gasteiger partial charge in [0.05, 0.1) is 6.42 Å². The molecule has 0 unspecified atom stereocenters. The molecule has 0 saturated heterocycles. The number of carbonyl (C=O) groups is 2. The topological polar surface area (TPSA) is 58.6 Å². The minimum atomic E-state index is -0.929. The van der Waals surface area contributed by atoms with E-state index in [1.165, 1.54) is 6.92 Å². The van der Waals surface area contributed by atoms with Crippen molar-refractivity contribution in [2.75, 3.05) is 24.3 Å². The Bertz CT molecular complexity index is 792. The van der Waals surface area contributed by atoms with Crippen LogP contribution in [0.1, 0.15) is 12.5 Å². The van der Waals surface area contributed by atoms with E-state index < -0.39 is 18.0 Å². The van der Waals surface area contributed by atoms with Gasteiger partial charge in [-0.15, -0.1) is 0 Å². The molecule has 0 aromatic heterocycles. The van der Waals surface area contributed by atoms with Crippen LogP contribution in [0.15, 0.2) is 42.5 Å². The third-order valence-electron chi connectivity index (χ3n) is 3.68. The minimum Gasteiger partial charge on any atom is -0.452 e. The molecule has 7 heteroatoms. The van der Waals surface area contributed by atoms with Crippen LogP contribution in [0.5, 0.6) is 0 Å². The van der Waals surface area contributed by atoms with Crippen molar-refractivity contribution in [3.8, 4) is 0 Å². The van der Waals surface area contributed by atoms with Crippen molar-refractivity contribution in [3.63, 3.8) is 0 Å². The maximum Gasteiger partial charge on any atom is 0.311 e. The number of rotatable bonds is 6. The van der Waals surface area contributed by atoms with Crippen LogP contribution >= 0.6 is 23.2 Å². The van der Waals surface area contributed by atoms with Gasteiger partial charge in [0.15, 0.2) is 6.10 Å². The Labute approximate surface area is 162 Å². The van der Waals surface area contributed by atoms with Crippen molar-refractivity contribution in [3.05, 3.63) is 58.1 Å². The number of nitrogens with zero attached hydrogens (tertiary/aromatic N) is 1. The molecule has 0 fully saturated rings. The summed E-state index contributed by atoms with van der Waals surface area (Å²) in [5, 5.41) is 3.59. The Morgan fingerprint density at radius 2 is 1.77 bits per heavy atom. The summed E-state index contributed by atoms with van der Waals surface area (Å²) in [6.07, 6.45) is -0.965. The largest absolute Gasteiger partial charge is 0.452 e. The van der Waals surface area contributed by atoms with E-state index in [0.29, 0.717) is 21.3 Å². The molecule has 2 aromatic rings. The normalized spacial score (nSPS) is 11.6. The standard InChI is InChI=1S/C19H20Cl2N2O3/c1-12(19(25)22-15-6-8-16(9-7-15)23(2)3)26-18(24)10-13-4-5-14(20)11-17(13)21/h4-9,11-12H,10H2,1-3H3,(H,22,25)/t12-/m1/s1. The molecule has 2 rings (SSSR count). The molecule has 0 aliphatic heterocycles. The first-order valence-electron chi connectivity index (χ1n) is 7.98. The summed E-state index contributed by atoms with van der Waals surface area (Å²) < 4.78 is 5.18. The Morgan fingerprint density at radius 1 is 1.12 bits per heavy atom. The number of benzene rings is 2. The molecule has 2 aromatic carbocycles. The molecule has 1 atom stereocenters. The molecule has 1 N–H and O–H groups in total. The van der Waals surface area contributed by atoms with Gasteiger partial charge in [-0.05, 0) is 48.9 Å². The highest BCUT2D eigenvalue weighted by Crippen LogP contribution is 2.22. The highest BCUT2D eigenvalue weighted by molar-refractivity contribution is 6.35. The van der Waals surface area contributed by atoms with Gasteiger partial charge in [-0.2, -0.15) is 0 Å². The quantitative estimate of drug-likeness (QED) is 0.746. The smallest absolute Gasteiger partial charge is 0.311 e. The van der Waals surface area contributed by atoms with Crippen molar-refractivity contribution in [1.29, 1.82) is 0 Å². The van der Waals surface area contributed by atoms with Crippen LogP contribution in [0.3, 0.4) is 0 Å². The summed E-state index contributed by atoms with van der Waals surface area (Å²) in [7, 11) is 3.87. The molecule has 0 bridgehead atoms. The molecule has 5 nitrogen and oxygen atoms in total. The van der Waals surface area contributed by atoms with E-state index in [1.807, 2.05) is 31.1 Å². The number of nitrogens with one attached hydrogen (secondary N) is 1. The summed E-state index contributed by atoms with van der Waals surface area (Å²) in [6.45, 7) is 1.52. The van der Waals surface area contributed by atoms with Crippen molar-refractivity contribution in [1.82, 2.24) is 0 Å². The lowest BCUT2D eigenvalue weighted by Gasteiger charge is -2.15. The highest BCUT2D eigenvalue weighted by atomic mass is 35.5. The van der Waals surface area contributed by atoms with Gasteiger partial charge in [0.1, 0.15) is 0 Å². The van der Waals surface area contributed by atoms with Crippen molar-refractivity contribution < 1.29 is 14.3 Å². The zero-order chi connectivity index (χ0) is 19.3. The van der Waals surface area contributed by atoms with E-state index in [9.17, 15) is 9.59 Å². The Hall–Kier alpha value is -2.24. The van der Waals surface area contributed by atoms with Gasteiger partial charge in [-0.25, -0.2) is 0 Å². The number of halogens is 2. The van der Waals surface area contributed by atoms with Gasteiger partial charge < -0.3 is 15.0 Å². The first kappa shape index (κ1) is 20.1. The van der Waals surface area contributed by atoms with Crippen LogP contribution in [-0.4, -0.2) is 32.1 Å². The molecule has 0 saturated carbocycles. The van der Waals surface area contributed by atoms with Crippen LogP contribution in [0, 0.1) is 0 Å². The fourth-order valence-corrected chi connectivity index (χ4v) is 2.68. The van der Waals surface area contributed by atoms with Crippen molar-refractivity contribution in [2.24, 2.45) is 0 Å². The van der Waals surface area contributed by atoms with Gasteiger partial charge in [0, 0.05) is 35.5 Å². The second-order valence-corrected chi connectivity index (χ2v) is 6.82. The van der Waals surface area contributed by atoms with Gasteiger partial charge >= 0.3 is 5.97 Å². The lowest BCUT2D eigenvalue weighted by molar-refractivity contribution is -0.152. The monoisotopic (exact) mass is 394 g/mol. The maximum atomic E-state index is 12.2. The average Bonchev–Trinajstić information content (AvgIpc) is 2.57. The Balaban J connectivity index is 1.90. The van der Waals surface area contributed by atoms with Crippen LogP contribution in [0.25, 0.3) is 0 Å². The number of amides is 1. The Kier molecular flexibility index (Phi) is 6.89. The molecule has 0 heterocycles. The fourth-order valence-electron chi connectivity index (χ4n) is 2.20. The van der Waals surface area contributed by atoms with Crippen LogP contribution in [-0.2, 0) is 20.7 Å². The number of carbonyl (C=O) groups excluding carboxylic acids is 2. The first-order chi connectivity index (χ1) is 12.3. The average molecular weight is 395 g/mol. The third-order valence-corrected chi connectivity index (χ3v) is 4.27. The first-order valence-corrected chi connectivity index (χ1v) is 8.73. The summed E-state index contributed by atoms with van der Waals surface area (Å²) in [5.74, 6) is -0.946. The third kappa shape index (κ3) is 5.64. The Morgan fingerprint density at radius 3 is 2.35 bits per heavy atom. The second kappa shape index (κ2) is 8.92. The fraction of sp³-hybridized carbons (Fsp3) is 0.263. The predicted octanol–water partition coefficient (Wildman–Crippen LogP) is 4.17. The van der Waals surface area contributed by atoms with Gasteiger partial charge in [0.25, 0.3) is 5.91 Å². The zero-order valence-electron chi connectivity index (χ0n) is 14.8. The van der Waals surface area contributed by atoms with Crippen LogP contribution < -0.4 is 10.2 Å². The SMILES string of the molecule is C[C@@H](OC(=O)Cc1ccc(Cl)cc1Cl)C(=O)Nc1ccc(N(C)C)cc1. The predicted molar refractivity (Wildman–Crippen MR) is 105 cm³/mol. The number of anilines is 2. The second-order valence-electron chi connectivity index (χ2n) is 5.98. The molecular formula is C19H20Cl2N2O3. The lowest BCUT2D eigenvalue weighted by Crippen LogP contribution is -2.30. The lowest BCUT2D eigenvalue weighted by atomic mass is 10.1. The summed E-state index contributed by atoms with van der Waals surface area (Å²) >= 11 is 11.9. The minimum absolute atomic E-state index is 0.0366. The summed E-state index contributed by atoms with van der Waals surface area (Å²) in [5.41, 5.74) is 2.24. The number of hydrogen-bond acceptors (Lipinski definition) is 4. The van der Waals surface area contributed by atoms with Crippen molar-refractivity contribution >= 4 is 46.5 Å². The molecule has 138 valence electrons. The number of esters is 1. The van der Waals surface area contributed by atoms with Gasteiger partial charge in [0.2, 0.25) is 0 Å². The maximum absolute atomic E-state index is 12.2. The molecule has 0 aliphatic rings. The van der Waals surface area contributed by atoms with E-state index in [1.54, 1.807) is 30.3 Å². The van der Waals surface area contributed by atoms with Gasteiger partial charge in [-0.1, -0.05) is 29.3 Å². The highest BCUT2D eigenvalue weighted by Gasteiger charge is 2.19. The molecule has 0 spiro atoms. The van der Waals surface area contributed by atoms with E-state index in [4.69, 9.17) is 27.9 Å².